The summed E-state index contributed by atoms with van der Waals surface area (Å²) in [6.07, 6.45) is 5.85. The number of carbonyl (C=O) groups excluding carboxylic acids is 1. The van der Waals surface area contributed by atoms with E-state index >= 15 is 0 Å². The fraction of sp³-hybridized carbons (Fsp3) is 0.263. The molecular formula is C19H18N4O2. The largest absolute Gasteiger partial charge is 0.438 e. The van der Waals surface area contributed by atoms with E-state index in [1.165, 1.54) is 6.39 Å². The van der Waals surface area contributed by atoms with E-state index in [0.29, 0.717) is 5.69 Å². The lowest BCUT2D eigenvalue weighted by Crippen LogP contribution is -2.31. The minimum Gasteiger partial charge on any atom is -0.438 e. The van der Waals surface area contributed by atoms with Crippen LogP contribution in [-0.4, -0.2) is 20.9 Å². The van der Waals surface area contributed by atoms with Gasteiger partial charge in [-0.2, -0.15) is 0 Å². The topological polar surface area (TPSA) is 80.9 Å². The van der Waals surface area contributed by atoms with Crippen LogP contribution in [0.1, 0.15) is 46.4 Å². The molecule has 3 aromatic rings. The van der Waals surface area contributed by atoms with E-state index in [9.17, 15) is 4.79 Å². The third kappa shape index (κ3) is 3.03. The summed E-state index contributed by atoms with van der Waals surface area (Å²) in [5.41, 5.74) is 3.56. The van der Waals surface area contributed by atoms with Gasteiger partial charge in [0.2, 0.25) is 5.76 Å². The lowest BCUT2D eigenvalue weighted by molar-refractivity contribution is 0.0903. The molecule has 25 heavy (non-hydrogen) atoms. The van der Waals surface area contributed by atoms with Gasteiger partial charge in [-0.15, -0.1) is 0 Å². The molecule has 1 aliphatic carbocycles. The van der Waals surface area contributed by atoms with Gasteiger partial charge in [0, 0.05) is 23.0 Å². The van der Waals surface area contributed by atoms with Gasteiger partial charge in [-0.25, -0.2) is 15.0 Å². The zero-order valence-electron chi connectivity index (χ0n) is 13.9. The van der Waals surface area contributed by atoms with Gasteiger partial charge in [0.1, 0.15) is 0 Å². The zero-order chi connectivity index (χ0) is 17.2. The Morgan fingerprint density at radius 3 is 2.84 bits per heavy atom. The molecule has 1 aromatic carbocycles. The van der Waals surface area contributed by atoms with E-state index in [1.807, 2.05) is 36.5 Å². The molecule has 1 amide bonds. The van der Waals surface area contributed by atoms with Gasteiger partial charge >= 0.3 is 0 Å². The zero-order valence-corrected chi connectivity index (χ0v) is 13.9. The van der Waals surface area contributed by atoms with Crippen LogP contribution in [0.4, 0.5) is 0 Å². The summed E-state index contributed by atoms with van der Waals surface area (Å²) in [6.45, 7) is 1.75. The molecule has 1 aliphatic rings. The molecule has 0 aliphatic heterocycles. The van der Waals surface area contributed by atoms with Crippen molar-refractivity contribution in [2.24, 2.45) is 0 Å². The number of hydrogen-bond donors (Lipinski definition) is 1. The van der Waals surface area contributed by atoms with Crippen molar-refractivity contribution in [3.63, 3.8) is 0 Å². The van der Waals surface area contributed by atoms with Crippen LogP contribution in [0, 0.1) is 6.92 Å². The molecule has 2 heterocycles. The molecule has 1 unspecified atom stereocenters. The van der Waals surface area contributed by atoms with Crippen LogP contribution in [0.2, 0.25) is 0 Å². The number of nitrogens with zero attached hydrogens (tertiary/aromatic N) is 3. The molecule has 126 valence electrons. The van der Waals surface area contributed by atoms with Crippen molar-refractivity contribution in [2.75, 3.05) is 0 Å². The van der Waals surface area contributed by atoms with Gasteiger partial charge in [0.05, 0.1) is 11.7 Å². The number of amides is 1. The van der Waals surface area contributed by atoms with Crippen LogP contribution in [0.5, 0.6) is 0 Å². The van der Waals surface area contributed by atoms with E-state index in [-0.39, 0.29) is 17.7 Å². The van der Waals surface area contributed by atoms with Crippen LogP contribution >= 0.6 is 0 Å². The maximum atomic E-state index is 12.4. The smallest absolute Gasteiger partial charge is 0.289 e. The van der Waals surface area contributed by atoms with Crippen molar-refractivity contribution < 1.29 is 9.21 Å². The summed E-state index contributed by atoms with van der Waals surface area (Å²) < 4.78 is 5.18. The summed E-state index contributed by atoms with van der Waals surface area (Å²) in [6, 6.07) is 9.80. The number of aromatic nitrogens is 3. The first-order valence-corrected chi connectivity index (χ1v) is 8.34. The summed E-state index contributed by atoms with van der Waals surface area (Å²) in [5, 5.41) is 3.02. The molecule has 6 nitrogen and oxygen atoms in total. The van der Waals surface area contributed by atoms with Gasteiger partial charge in [-0.05, 0) is 26.2 Å². The Morgan fingerprint density at radius 1 is 1.24 bits per heavy atom. The fourth-order valence-corrected chi connectivity index (χ4v) is 3.17. The van der Waals surface area contributed by atoms with Crippen LogP contribution in [-0.2, 0) is 6.42 Å². The van der Waals surface area contributed by atoms with E-state index in [1.54, 1.807) is 6.92 Å². The highest BCUT2D eigenvalue weighted by molar-refractivity contribution is 5.92. The first-order chi connectivity index (χ1) is 12.2. The molecule has 1 N–H and O–H groups in total. The molecule has 6 heteroatoms. The fourth-order valence-electron chi connectivity index (χ4n) is 3.17. The maximum Gasteiger partial charge on any atom is 0.289 e. The Labute approximate surface area is 145 Å². The minimum atomic E-state index is -0.250. The predicted molar refractivity (Wildman–Crippen MR) is 91.9 cm³/mol. The van der Waals surface area contributed by atoms with Crippen molar-refractivity contribution in [3.05, 3.63) is 65.6 Å². The molecule has 0 spiro atoms. The number of oxazole rings is 1. The monoisotopic (exact) mass is 334 g/mol. The van der Waals surface area contributed by atoms with Crippen molar-refractivity contribution in [3.8, 4) is 11.4 Å². The Kier molecular flexibility index (Phi) is 4.01. The number of rotatable bonds is 3. The van der Waals surface area contributed by atoms with Crippen LogP contribution in [0.3, 0.4) is 0 Å². The van der Waals surface area contributed by atoms with Gasteiger partial charge in [-0.1, -0.05) is 30.3 Å². The van der Waals surface area contributed by atoms with E-state index in [0.717, 1.165) is 41.9 Å². The molecule has 1 atom stereocenters. The molecule has 0 fully saturated rings. The van der Waals surface area contributed by atoms with Crippen LogP contribution in [0.25, 0.3) is 11.4 Å². The van der Waals surface area contributed by atoms with Crippen molar-refractivity contribution in [1.82, 2.24) is 20.3 Å². The Bertz CT molecular complexity index is 905. The SMILES string of the molecule is Cc1ncoc1C(=O)NC1CCCc2nc(-c3ccccc3)ncc21. The highest BCUT2D eigenvalue weighted by atomic mass is 16.3. The summed E-state index contributed by atoms with van der Waals surface area (Å²) in [5.74, 6) is 0.728. The second-order valence-corrected chi connectivity index (χ2v) is 6.15. The van der Waals surface area contributed by atoms with E-state index in [2.05, 4.69) is 15.3 Å². The van der Waals surface area contributed by atoms with Crippen LogP contribution < -0.4 is 5.32 Å². The van der Waals surface area contributed by atoms with Gasteiger partial charge in [0.15, 0.2) is 12.2 Å². The Morgan fingerprint density at radius 2 is 2.08 bits per heavy atom. The van der Waals surface area contributed by atoms with E-state index in [4.69, 9.17) is 9.40 Å². The number of aryl methyl sites for hydroxylation is 2. The number of fused-ring (bicyclic) bond motifs is 1. The van der Waals surface area contributed by atoms with Crippen molar-refractivity contribution in [1.29, 1.82) is 0 Å². The average molecular weight is 334 g/mol. The molecule has 0 saturated heterocycles. The average Bonchev–Trinajstić information content (AvgIpc) is 3.08. The highest BCUT2D eigenvalue weighted by Crippen LogP contribution is 2.30. The third-order valence-corrected chi connectivity index (χ3v) is 4.47. The first-order valence-electron chi connectivity index (χ1n) is 8.34. The molecule has 2 aromatic heterocycles. The lowest BCUT2D eigenvalue weighted by Gasteiger charge is -2.25. The Balaban J connectivity index is 1.60. The van der Waals surface area contributed by atoms with Crippen molar-refractivity contribution >= 4 is 5.91 Å². The standard InChI is InChI=1S/C19H18N4O2/c1-12-17(25-11-21-12)19(24)23-16-9-5-8-15-14(16)10-20-18(22-15)13-6-3-2-4-7-13/h2-4,6-7,10-11,16H,5,8-9H2,1H3,(H,23,24). The van der Waals surface area contributed by atoms with Gasteiger partial charge in [-0.3, -0.25) is 4.79 Å². The summed E-state index contributed by atoms with van der Waals surface area (Å²) >= 11 is 0. The molecule has 4 rings (SSSR count). The quantitative estimate of drug-likeness (QED) is 0.795. The summed E-state index contributed by atoms with van der Waals surface area (Å²) in [7, 11) is 0. The Hall–Kier alpha value is -3.02. The first kappa shape index (κ1) is 15.5. The number of nitrogens with one attached hydrogen (secondary N) is 1. The number of carbonyl (C=O) groups is 1. The second-order valence-electron chi connectivity index (χ2n) is 6.15. The second kappa shape index (κ2) is 6.47. The normalized spacial score (nSPS) is 16.3. The highest BCUT2D eigenvalue weighted by Gasteiger charge is 2.26. The molecular weight excluding hydrogens is 316 g/mol. The van der Waals surface area contributed by atoms with Gasteiger partial charge < -0.3 is 9.73 Å². The van der Waals surface area contributed by atoms with Crippen molar-refractivity contribution in [2.45, 2.75) is 32.2 Å². The molecule has 0 radical (unpaired) electrons. The maximum absolute atomic E-state index is 12.4. The summed E-state index contributed by atoms with van der Waals surface area (Å²) in [4.78, 5) is 25.6. The van der Waals surface area contributed by atoms with Crippen LogP contribution in [0.15, 0.2) is 47.3 Å². The number of benzene rings is 1. The van der Waals surface area contributed by atoms with Gasteiger partial charge in [0.25, 0.3) is 5.91 Å². The lowest BCUT2D eigenvalue weighted by atomic mass is 9.92. The predicted octanol–water partition coefficient (Wildman–Crippen LogP) is 3.25. The van der Waals surface area contributed by atoms with E-state index < -0.39 is 0 Å². The number of hydrogen-bond acceptors (Lipinski definition) is 5. The third-order valence-electron chi connectivity index (χ3n) is 4.47. The molecule has 0 bridgehead atoms. The minimum absolute atomic E-state index is 0.106. The molecule has 0 saturated carbocycles.